The summed E-state index contributed by atoms with van der Waals surface area (Å²) in [6, 6.07) is -1.03. The topological polar surface area (TPSA) is 172 Å². The van der Waals surface area contributed by atoms with Crippen LogP contribution in [0.1, 0.15) is 0 Å². The molecule has 10 atom stereocenters. The van der Waals surface area contributed by atoms with Crippen LogP contribution < -0.4 is 5.32 Å². The van der Waals surface area contributed by atoms with Crippen molar-refractivity contribution in [2.45, 2.75) is 59.6 Å². The van der Waals surface area contributed by atoms with E-state index in [9.17, 15) is 35.7 Å². The van der Waals surface area contributed by atoms with Crippen molar-refractivity contribution in [1.29, 1.82) is 0 Å². The van der Waals surface area contributed by atoms with Crippen molar-refractivity contribution >= 4 is 11.8 Å². The summed E-state index contributed by atoms with van der Waals surface area (Å²) in [5.41, 5.74) is 0. The Labute approximate surface area is 143 Å². The first kappa shape index (κ1) is 20.3. The Morgan fingerprint density at radius 3 is 2.12 bits per heavy atom. The van der Waals surface area contributed by atoms with Gasteiger partial charge in [0.05, 0.1) is 36.0 Å². The lowest BCUT2D eigenvalue weighted by Crippen LogP contribution is -2.68. The third kappa shape index (κ3) is 3.86. The molecule has 0 radical (unpaired) electrons. The fourth-order valence-corrected chi connectivity index (χ4v) is 4.25. The Morgan fingerprint density at radius 1 is 0.917 bits per heavy atom. The fourth-order valence-electron chi connectivity index (χ4n) is 2.91. The van der Waals surface area contributed by atoms with Gasteiger partial charge < -0.3 is 45.2 Å². The first-order chi connectivity index (χ1) is 11.3. The van der Waals surface area contributed by atoms with E-state index < -0.39 is 72.8 Å². The summed E-state index contributed by atoms with van der Waals surface area (Å²) in [4.78, 5) is 0. The van der Waals surface area contributed by atoms with Gasteiger partial charge in [-0.05, 0) is 0 Å². The summed E-state index contributed by atoms with van der Waals surface area (Å²) in [6.45, 7) is -0.931. The van der Waals surface area contributed by atoms with Crippen LogP contribution in [0.2, 0.25) is 0 Å². The third-order valence-electron chi connectivity index (χ3n) is 4.37. The zero-order valence-corrected chi connectivity index (χ0v) is 13.9. The molecule has 0 aromatic carbocycles. The van der Waals surface area contributed by atoms with Gasteiger partial charge in [-0.2, -0.15) is 0 Å². The molecule has 0 aliphatic carbocycles. The van der Waals surface area contributed by atoms with Crippen LogP contribution in [-0.4, -0.2) is 116 Å². The summed E-state index contributed by atoms with van der Waals surface area (Å²) < 4.78 is 10.2. The maximum absolute atomic E-state index is 10.3. The van der Waals surface area contributed by atoms with Crippen LogP contribution in [0.5, 0.6) is 0 Å². The Balaban J connectivity index is 2.14. The summed E-state index contributed by atoms with van der Waals surface area (Å²) in [7, 11) is 1.29. The molecule has 0 aromatic heterocycles. The van der Waals surface area contributed by atoms with Gasteiger partial charge in [0, 0.05) is 7.11 Å². The van der Waals surface area contributed by atoms with Crippen LogP contribution in [0.25, 0.3) is 0 Å². The molecule has 10 nitrogen and oxygen atoms in total. The number of hydrogen-bond donors (Lipinski definition) is 8. The maximum Gasteiger partial charge on any atom is 0.185 e. The van der Waals surface area contributed by atoms with Gasteiger partial charge in [0.25, 0.3) is 0 Å². The van der Waals surface area contributed by atoms with Crippen LogP contribution in [0.3, 0.4) is 0 Å². The highest BCUT2D eigenvalue weighted by Crippen LogP contribution is 2.33. The molecule has 142 valence electrons. The lowest BCUT2D eigenvalue weighted by Gasteiger charge is -2.46. The molecular formula is C13H25NO9S. The quantitative estimate of drug-likeness (QED) is 0.234. The average Bonchev–Trinajstić information content (AvgIpc) is 2.58. The molecule has 0 unspecified atom stereocenters. The molecule has 2 fully saturated rings. The van der Waals surface area contributed by atoms with E-state index in [1.54, 1.807) is 0 Å². The van der Waals surface area contributed by atoms with Gasteiger partial charge in [-0.1, -0.05) is 0 Å². The molecule has 24 heavy (non-hydrogen) atoms. The second-order valence-corrected chi connectivity index (χ2v) is 7.27. The minimum absolute atomic E-state index is 0.424. The minimum atomic E-state index is -1.50. The molecule has 2 heterocycles. The number of ether oxygens (including phenoxy) is 2. The van der Waals surface area contributed by atoms with E-state index in [0.717, 1.165) is 11.8 Å². The van der Waals surface area contributed by atoms with Crippen LogP contribution in [-0.2, 0) is 9.47 Å². The summed E-state index contributed by atoms with van der Waals surface area (Å²) in [6.07, 6.45) is -8.93. The van der Waals surface area contributed by atoms with Gasteiger partial charge in [0.1, 0.15) is 30.5 Å². The summed E-state index contributed by atoms with van der Waals surface area (Å²) in [5.74, 6) is 0. The second kappa shape index (κ2) is 8.56. The highest BCUT2D eigenvalue weighted by atomic mass is 32.2. The van der Waals surface area contributed by atoms with E-state index in [4.69, 9.17) is 9.47 Å². The molecule has 0 bridgehead atoms. The smallest absolute Gasteiger partial charge is 0.185 e. The van der Waals surface area contributed by atoms with Crippen LogP contribution >= 0.6 is 11.8 Å². The Morgan fingerprint density at radius 2 is 1.58 bits per heavy atom. The van der Waals surface area contributed by atoms with Gasteiger partial charge >= 0.3 is 0 Å². The van der Waals surface area contributed by atoms with Gasteiger partial charge in [-0.15, -0.1) is 11.8 Å². The van der Waals surface area contributed by atoms with Crippen LogP contribution in [0, 0.1) is 0 Å². The van der Waals surface area contributed by atoms with Gasteiger partial charge in [-0.3, -0.25) is 5.32 Å². The van der Waals surface area contributed by atoms with Gasteiger partial charge in [-0.25, -0.2) is 0 Å². The van der Waals surface area contributed by atoms with Crippen molar-refractivity contribution in [2.75, 3.05) is 20.3 Å². The minimum Gasteiger partial charge on any atom is -0.395 e. The Kier molecular flexibility index (Phi) is 7.22. The fraction of sp³-hybridized carbons (Fsp3) is 1.00. The van der Waals surface area contributed by atoms with Crippen molar-refractivity contribution in [3.63, 3.8) is 0 Å². The molecule has 0 amide bonds. The van der Waals surface area contributed by atoms with E-state index in [2.05, 4.69) is 5.32 Å². The van der Waals surface area contributed by atoms with E-state index in [1.807, 2.05) is 0 Å². The Hall–Kier alpha value is -0.0500. The van der Waals surface area contributed by atoms with E-state index in [-0.39, 0.29) is 0 Å². The molecule has 2 aliphatic rings. The molecule has 11 heteroatoms. The van der Waals surface area contributed by atoms with Crippen molar-refractivity contribution in [3.05, 3.63) is 0 Å². The van der Waals surface area contributed by atoms with Crippen molar-refractivity contribution in [3.8, 4) is 0 Å². The van der Waals surface area contributed by atoms with E-state index in [0.29, 0.717) is 0 Å². The predicted octanol–water partition coefficient (Wildman–Crippen LogP) is -4.45. The largest absolute Gasteiger partial charge is 0.395 e. The van der Waals surface area contributed by atoms with Crippen LogP contribution in [0.4, 0.5) is 0 Å². The average molecular weight is 371 g/mol. The molecule has 0 spiro atoms. The molecular weight excluding hydrogens is 346 g/mol. The Bertz CT molecular complexity index is 388. The molecule has 0 aromatic rings. The number of methoxy groups -OCH3 is 1. The first-order valence-electron chi connectivity index (χ1n) is 7.57. The lowest BCUT2D eigenvalue weighted by molar-refractivity contribution is -0.272. The lowest BCUT2D eigenvalue weighted by atomic mass is 9.95. The number of aliphatic hydroxyl groups is 7. The number of aliphatic hydroxyl groups excluding tert-OH is 7. The maximum atomic E-state index is 10.3. The second-order valence-electron chi connectivity index (χ2n) is 5.88. The number of thioether (sulfide) groups is 1. The molecule has 8 N–H and O–H groups in total. The number of hydrogen-bond acceptors (Lipinski definition) is 11. The van der Waals surface area contributed by atoms with Crippen molar-refractivity contribution in [1.82, 2.24) is 5.32 Å². The number of nitrogens with one attached hydrogen (secondary N) is 1. The molecule has 2 aliphatic heterocycles. The number of rotatable bonds is 5. The molecule has 0 saturated carbocycles. The third-order valence-corrected chi connectivity index (χ3v) is 5.85. The predicted molar refractivity (Wildman–Crippen MR) is 82.0 cm³/mol. The summed E-state index contributed by atoms with van der Waals surface area (Å²) in [5, 5.41) is 70.1. The van der Waals surface area contributed by atoms with Crippen molar-refractivity contribution in [2.24, 2.45) is 0 Å². The molecule has 2 saturated heterocycles. The molecule has 2 rings (SSSR count). The van der Waals surface area contributed by atoms with Gasteiger partial charge in [0.15, 0.2) is 6.29 Å². The summed E-state index contributed by atoms with van der Waals surface area (Å²) >= 11 is 0.979. The zero-order chi connectivity index (χ0) is 18.0. The van der Waals surface area contributed by atoms with Crippen molar-refractivity contribution < 1.29 is 45.2 Å². The highest BCUT2D eigenvalue weighted by molar-refractivity contribution is 8.00. The van der Waals surface area contributed by atoms with E-state index in [1.165, 1.54) is 7.11 Å². The normalized spacial score (nSPS) is 50.0. The monoisotopic (exact) mass is 371 g/mol. The van der Waals surface area contributed by atoms with Crippen LogP contribution in [0.15, 0.2) is 0 Å². The highest BCUT2D eigenvalue weighted by Gasteiger charge is 2.49. The zero-order valence-electron chi connectivity index (χ0n) is 13.0. The standard InChI is InChI=1S/C13H25NO9S/c1-22-13-9(19)6(7(17)4(2-15)23-13)14-12-11(21)10(20)8(18)5(3-16)24-12/h4-21H,2-3H2,1H3/t4-,5-,6+,7-,8-,9+,10+,11+,12+,13+/m1/s1. The SMILES string of the molecule is CO[C@H]1O[C@H](CO)[C@@H](O)[C@H](N[C@H]2S[C@H](CO)[C@@H](O)[C@H](O)[C@@H]2O)[C@@H]1O. The van der Waals surface area contributed by atoms with Gasteiger partial charge in [0.2, 0.25) is 0 Å². The first-order valence-corrected chi connectivity index (χ1v) is 8.51. The van der Waals surface area contributed by atoms with E-state index >= 15 is 0 Å².